The van der Waals surface area contributed by atoms with Crippen LogP contribution in [0.5, 0.6) is 0 Å². The summed E-state index contributed by atoms with van der Waals surface area (Å²) < 4.78 is 42.9. The highest BCUT2D eigenvalue weighted by Crippen LogP contribution is 2.38. The van der Waals surface area contributed by atoms with Crippen LogP contribution in [-0.2, 0) is 22.7 Å². The van der Waals surface area contributed by atoms with E-state index in [0.717, 1.165) is 11.5 Å². The van der Waals surface area contributed by atoms with Gasteiger partial charge in [-0.25, -0.2) is 38.3 Å². The third-order valence-electron chi connectivity index (χ3n) is 5.89. The van der Waals surface area contributed by atoms with E-state index >= 15 is 8.78 Å². The van der Waals surface area contributed by atoms with Gasteiger partial charge < -0.3 is 14.4 Å². The number of halogens is 2. The Hall–Kier alpha value is -2.79. The standard InChI is InChI=1S/C26H37F2N5O3S.C2H6/c1-9-37(7,8)11-10-35-16-33-21-14-29-24(30-23(21)17(2)31-33)22-19(27)12-18(13-20(22)28)15-32(6)25(34)36-26(3,4)5;1-2/h12-14H,9-11,15-16H2,1-8H3;1-2H3. The highest BCUT2D eigenvalue weighted by atomic mass is 32.3. The fraction of sp³-hybridized carbons (Fsp3) is 0.571. The Balaban J connectivity index is 0.00000260. The van der Waals surface area contributed by atoms with Crippen LogP contribution in [-0.4, -0.2) is 74.0 Å². The van der Waals surface area contributed by atoms with Crippen LogP contribution >= 0.6 is 10.0 Å². The van der Waals surface area contributed by atoms with E-state index in [-0.39, 0.29) is 30.2 Å². The molecule has 2 heterocycles. The third-order valence-corrected chi connectivity index (χ3v) is 8.72. The number of amides is 1. The minimum absolute atomic E-state index is 0.0221. The molecule has 1 aromatic carbocycles. The molecule has 8 nitrogen and oxygen atoms in total. The summed E-state index contributed by atoms with van der Waals surface area (Å²) in [4.78, 5) is 22.1. The third kappa shape index (κ3) is 8.86. The van der Waals surface area contributed by atoms with Gasteiger partial charge in [0.15, 0.2) is 5.82 Å². The van der Waals surface area contributed by atoms with E-state index < -0.39 is 33.4 Å². The Bertz CT molecular complexity index is 1250. The van der Waals surface area contributed by atoms with Gasteiger partial charge in [-0.2, -0.15) is 5.10 Å². The smallest absolute Gasteiger partial charge is 0.410 e. The monoisotopic (exact) mass is 567 g/mol. The predicted octanol–water partition coefficient (Wildman–Crippen LogP) is 6.53. The van der Waals surface area contributed by atoms with Crippen LogP contribution in [0.1, 0.15) is 52.8 Å². The lowest BCUT2D eigenvalue weighted by Crippen LogP contribution is -2.33. The maximum absolute atomic E-state index is 15.1. The molecule has 2 aromatic heterocycles. The van der Waals surface area contributed by atoms with E-state index in [4.69, 9.17) is 9.47 Å². The van der Waals surface area contributed by atoms with Gasteiger partial charge in [-0.15, -0.1) is 0 Å². The van der Waals surface area contributed by atoms with Crippen LogP contribution < -0.4 is 0 Å². The minimum Gasteiger partial charge on any atom is -0.444 e. The Morgan fingerprint density at radius 3 is 2.33 bits per heavy atom. The number of hydrogen-bond acceptors (Lipinski definition) is 6. The van der Waals surface area contributed by atoms with Gasteiger partial charge in [-0.3, -0.25) is 0 Å². The Morgan fingerprint density at radius 2 is 1.77 bits per heavy atom. The van der Waals surface area contributed by atoms with Crippen molar-refractivity contribution in [1.29, 1.82) is 0 Å². The van der Waals surface area contributed by atoms with Gasteiger partial charge >= 0.3 is 6.09 Å². The molecular formula is C28H43F2N5O3S. The van der Waals surface area contributed by atoms with Gasteiger partial charge in [-0.05, 0) is 63.7 Å². The highest BCUT2D eigenvalue weighted by molar-refractivity contribution is 8.32. The van der Waals surface area contributed by atoms with Crippen molar-refractivity contribution >= 4 is 27.2 Å². The summed E-state index contributed by atoms with van der Waals surface area (Å²) in [5.74, 6) is 0.435. The molecule has 39 heavy (non-hydrogen) atoms. The lowest BCUT2D eigenvalue weighted by Gasteiger charge is -2.29. The first-order valence-corrected chi connectivity index (χ1v) is 15.9. The van der Waals surface area contributed by atoms with Crippen molar-refractivity contribution in [3.8, 4) is 11.4 Å². The summed E-state index contributed by atoms with van der Waals surface area (Å²) >= 11 is 0. The van der Waals surface area contributed by atoms with Crippen molar-refractivity contribution in [2.24, 2.45) is 0 Å². The van der Waals surface area contributed by atoms with Crippen molar-refractivity contribution in [3.63, 3.8) is 0 Å². The van der Waals surface area contributed by atoms with Crippen molar-refractivity contribution in [2.45, 2.75) is 67.3 Å². The van der Waals surface area contributed by atoms with E-state index in [1.54, 1.807) is 32.4 Å². The Labute approximate surface area is 232 Å². The summed E-state index contributed by atoms with van der Waals surface area (Å²) in [5, 5.41) is 4.47. The maximum atomic E-state index is 15.1. The zero-order valence-electron chi connectivity index (χ0n) is 24.9. The van der Waals surface area contributed by atoms with E-state index in [9.17, 15) is 4.79 Å². The van der Waals surface area contributed by atoms with Crippen LogP contribution in [0.15, 0.2) is 18.3 Å². The number of hydrogen-bond donors (Lipinski definition) is 0. The predicted molar refractivity (Wildman–Crippen MR) is 155 cm³/mol. The van der Waals surface area contributed by atoms with Crippen molar-refractivity contribution in [2.75, 3.05) is 37.7 Å². The number of benzene rings is 1. The van der Waals surface area contributed by atoms with Crippen molar-refractivity contribution < 1.29 is 23.0 Å². The average Bonchev–Trinajstić information content (AvgIpc) is 3.16. The first-order chi connectivity index (χ1) is 18.2. The van der Waals surface area contributed by atoms with E-state index in [1.807, 2.05) is 13.8 Å². The molecule has 0 unspecified atom stereocenters. The molecule has 218 valence electrons. The first kappa shape index (κ1) is 32.4. The van der Waals surface area contributed by atoms with Crippen LogP contribution in [0.2, 0.25) is 0 Å². The molecule has 0 aliphatic heterocycles. The molecule has 0 fully saturated rings. The molecule has 0 bridgehead atoms. The summed E-state index contributed by atoms with van der Waals surface area (Å²) in [7, 11) is 0.851. The zero-order valence-corrected chi connectivity index (χ0v) is 25.7. The topological polar surface area (TPSA) is 82.4 Å². The van der Waals surface area contributed by atoms with Crippen molar-refractivity contribution in [3.05, 3.63) is 41.2 Å². The number of aromatic nitrogens is 4. The average molecular weight is 568 g/mol. The molecule has 1 amide bonds. The number of carbonyl (C=O) groups excluding carboxylic acids is 1. The van der Waals surface area contributed by atoms with Gasteiger partial charge in [0.25, 0.3) is 0 Å². The van der Waals surface area contributed by atoms with Crippen molar-refractivity contribution in [1.82, 2.24) is 24.6 Å². The fourth-order valence-corrected chi connectivity index (χ4v) is 4.38. The second-order valence-electron chi connectivity index (χ2n) is 10.6. The second kappa shape index (κ2) is 13.5. The van der Waals surface area contributed by atoms with Crippen LogP contribution in [0, 0.1) is 18.6 Å². The minimum atomic E-state index is -0.818. The number of fused-ring (bicyclic) bond motifs is 1. The molecule has 0 aliphatic rings. The summed E-state index contributed by atoms with van der Waals surface area (Å²) in [6.07, 6.45) is 5.48. The van der Waals surface area contributed by atoms with Gasteiger partial charge in [0.2, 0.25) is 0 Å². The number of nitrogens with zero attached hydrogens (tertiary/aromatic N) is 5. The number of ether oxygens (including phenoxy) is 2. The van der Waals surface area contributed by atoms with Gasteiger partial charge in [0.1, 0.15) is 35.0 Å². The number of aryl methyl sites for hydroxylation is 1. The molecule has 11 heteroatoms. The summed E-state index contributed by atoms with van der Waals surface area (Å²) in [6, 6.07) is 2.35. The highest BCUT2D eigenvalue weighted by Gasteiger charge is 2.22. The lowest BCUT2D eigenvalue weighted by molar-refractivity contribution is 0.0284. The molecule has 3 aromatic rings. The second-order valence-corrected chi connectivity index (χ2v) is 15.1. The van der Waals surface area contributed by atoms with E-state index in [1.165, 1.54) is 30.3 Å². The van der Waals surface area contributed by atoms with Gasteiger partial charge in [0, 0.05) is 19.3 Å². The molecule has 3 rings (SSSR count). The quantitative estimate of drug-likeness (QED) is 0.274. The molecule has 0 atom stereocenters. The van der Waals surface area contributed by atoms with E-state index in [2.05, 4.69) is 34.5 Å². The molecule has 0 spiro atoms. The normalized spacial score (nSPS) is 12.2. The summed E-state index contributed by atoms with van der Waals surface area (Å²) in [6.45, 7) is 14.1. The molecule has 0 saturated carbocycles. The SMILES string of the molecule is CC.CCS(C)(C)CCOCn1nc(C)c2nc(-c3c(F)cc(CN(C)C(=O)OC(C)(C)C)cc3F)ncc21. The lowest BCUT2D eigenvalue weighted by atomic mass is 10.1. The molecular weight excluding hydrogens is 524 g/mol. The molecule has 0 aliphatic carbocycles. The molecule has 0 radical (unpaired) electrons. The maximum Gasteiger partial charge on any atom is 0.410 e. The van der Waals surface area contributed by atoms with Gasteiger partial charge in [0.05, 0.1) is 24.1 Å². The molecule has 0 N–H and O–H groups in total. The first-order valence-electron chi connectivity index (χ1n) is 13.1. The number of carbonyl (C=O) groups is 1. The largest absolute Gasteiger partial charge is 0.444 e. The molecule has 0 saturated heterocycles. The Kier molecular flexibility index (Phi) is 11.2. The Morgan fingerprint density at radius 1 is 1.15 bits per heavy atom. The van der Waals surface area contributed by atoms with Crippen LogP contribution in [0.25, 0.3) is 22.4 Å². The van der Waals surface area contributed by atoms with E-state index in [0.29, 0.717) is 23.3 Å². The fourth-order valence-electron chi connectivity index (χ4n) is 3.52. The number of rotatable bonds is 9. The van der Waals surface area contributed by atoms with Gasteiger partial charge in [-0.1, -0.05) is 20.8 Å². The van der Waals surface area contributed by atoms with Crippen LogP contribution in [0.4, 0.5) is 13.6 Å². The zero-order chi connectivity index (χ0) is 29.5. The summed E-state index contributed by atoms with van der Waals surface area (Å²) in [5.41, 5.74) is 1.01. The van der Waals surface area contributed by atoms with Crippen LogP contribution in [0.3, 0.4) is 0 Å².